The van der Waals surface area contributed by atoms with Gasteiger partial charge in [0.2, 0.25) is 0 Å². The van der Waals surface area contributed by atoms with E-state index >= 15 is 8.78 Å². The molecule has 1 heterocycles. The third-order valence-electron chi connectivity index (χ3n) is 9.32. The zero-order chi connectivity index (χ0) is 36.1. The Balaban J connectivity index is 1.77. The number of nitrogens with one attached hydrogen (secondary N) is 2. The second kappa shape index (κ2) is 16.0. The predicted molar refractivity (Wildman–Crippen MR) is 189 cm³/mol. The fourth-order valence-electron chi connectivity index (χ4n) is 6.91. The van der Waals surface area contributed by atoms with Gasteiger partial charge in [-0.15, -0.1) is 0 Å². The van der Waals surface area contributed by atoms with E-state index in [0.717, 1.165) is 19.2 Å². The average molecular weight is 714 g/mol. The number of amides is 1. The van der Waals surface area contributed by atoms with E-state index < -0.39 is 35.1 Å². The van der Waals surface area contributed by atoms with Gasteiger partial charge in [-0.2, -0.15) is 5.26 Å². The van der Waals surface area contributed by atoms with E-state index in [1.54, 1.807) is 24.3 Å². The molecule has 7 nitrogen and oxygen atoms in total. The Hall–Kier alpha value is -3.55. The summed E-state index contributed by atoms with van der Waals surface area (Å²) in [7, 11) is 1.45. The first-order valence-electron chi connectivity index (χ1n) is 16.5. The summed E-state index contributed by atoms with van der Waals surface area (Å²) in [6, 6.07) is 13.8. The Morgan fingerprint density at radius 3 is 2.41 bits per heavy atom. The minimum atomic E-state index is -1.73. The van der Waals surface area contributed by atoms with E-state index in [4.69, 9.17) is 27.9 Å². The van der Waals surface area contributed by atoms with Gasteiger partial charge in [0.15, 0.2) is 5.78 Å². The zero-order valence-electron chi connectivity index (χ0n) is 28.8. The Labute approximate surface area is 297 Å². The van der Waals surface area contributed by atoms with Crippen LogP contribution in [-0.2, 0) is 16.6 Å². The molecule has 0 bridgehead atoms. The van der Waals surface area contributed by atoms with Gasteiger partial charge in [-0.25, -0.2) is 8.78 Å². The molecule has 1 amide bonds. The summed E-state index contributed by atoms with van der Waals surface area (Å²) >= 11 is 12.4. The summed E-state index contributed by atoms with van der Waals surface area (Å²) in [6.45, 7) is 13.0. The maximum absolute atomic E-state index is 16.0. The van der Waals surface area contributed by atoms with Crippen molar-refractivity contribution in [1.29, 1.82) is 5.26 Å². The van der Waals surface area contributed by atoms with Crippen LogP contribution >= 0.6 is 23.2 Å². The number of hydrogen-bond donors (Lipinski definition) is 2. The van der Waals surface area contributed by atoms with Gasteiger partial charge < -0.3 is 20.3 Å². The number of ether oxygens (including phenoxy) is 1. The lowest BCUT2D eigenvalue weighted by molar-refractivity contribution is -0.120. The second-order valence-corrected chi connectivity index (χ2v) is 14.5. The van der Waals surface area contributed by atoms with Gasteiger partial charge in [-0.05, 0) is 60.8 Å². The monoisotopic (exact) mass is 712 g/mol. The highest BCUT2D eigenvalue weighted by Crippen LogP contribution is 2.53. The van der Waals surface area contributed by atoms with Gasteiger partial charge in [0.25, 0.3) is 5.91 Å². The van der Waals surface area contributed by atoms with Gasteiger partial charge in [0.05, 0.1) is 24.2 Å². The molecule has 262 valence electrons. The number of ketones is 1. The van der Waals surface area contributed by atoms with E-state index in [-0.39, 0.29) is 44.7 Å². The largest absolute Gasteiger partial charge is 0.496 e. The lowest BCUT2D eigenvalue weighted by Gasteiger charge is -2.37. The summed E-state index contributed by atoms with van der Waals surface area (Å²) in [4.78, 5) is 29.6. The number of halogens is 4. The first-order valence-corrected chi connectivity index (χ1v) is 17.2. The predicted octanol–water partition coefficient (Wildman–Crippen LogP) is 7.49. The first-order chi connectivity index (χ1) is 23.2. The maximum atomic E-state index is 16.0. The third kappa shape index (κ3) is 8.26. The van der Waals surface area contributed by atoms with Crippen molar-refractivity contribution in [1.82, 2.24) is 15.5 Å². The van der Waals surface area contributed by atoms with Gasteiger partial charge in [0, 0.05) is 53.2 Å². The molecule has 0 aromatic heterocycles. The molecular formula is C38H44Cl2F2N4O3. The molecule has 49 heavy (non-hydrogen) atoms. The number of rotatable bonds is 13. The van der Waals surface area contributed by atoms with Crippen molar-refractivity contribution in [2.75, 3.05) is 33.3 Å². The van der Waals surface area contributed by atoms with E-state index in [2.05, 4.69) is 35.5 Å². The summed E-state index contributed by atoms with van der Waals surface area (Å²) in [6.07, 6.45) is 0.183. The van der Waals surface area contributed by atoms with E-state index in [1.165, 1.54) is 31.4 Å². The quantitative estimate of drug-likeness (QED) is 0.191. The number of methoxy groups -OCH3 is 1. The van der Waals surface area contributed by atoms with Crippen LogP contribution in [0.4, 0.5) is 8.78 Å². The summed E-state index contributed by atoms with van der Waals surface area (Å²) < 4.78 is 37.5. The molecule has 1 fully saturated rings. The van der Waals surface area contributed by atoms with E-state index in [0.29, 0.717) is 36.4 Å². The summed E-state index contributed by atoms with van der Waals surface area (Å²) in [5.41, 5.74) is -1.20. The Morgan fingerprint density at radius 2 is 1.80 bits per heavy atom. The zero-order valence-corrected chi connectivity index (χ0v) is 30.3. The van der Waals surface area contributed by atoms with Gasteiger partial charge in [0.1, 0.15) is 22.8 Å². The molecule has 0 spiro atoms. The Bertz CT molecular complexity index is 1720. The van der Waals surface area contributed by atoms with Crippen molar-refractivity contribution in [3.8, 4) is 11.8 Å². The first kappa shape index (κ1) is 38.3. The van der Waals surface area contributed by atoms with Crippen molar-refractivity contribution in [2.24, 2.45) is 5.41 Å². The highest BCUT2D eigenvalue weighted by molar-refractivity contribution is 6.31. The number of nitriles is 1. The maximum Gasteiger partial charge on any atom is 0.251 e. The lowest BCUT2D eigenvalue weighted by atomic mass is 9.62. The highest BCUT2D eigenvalue weighted by Gasteiger charge is 2.60. The SMILES string of the molecule is CCN(CC)CCNC(=O)c1ccc(CC(=O)[C@@H]2N[C@@H](CC(C)(C)C)[C@](C#N)(c3ccc(Cl)cc3F)[C@H]2c2cccc(Cl)c2F)c(OC)c1. The van der Waals surface area contributed by atoms with Crippen molar-refractivity contribution >= 4 is 34.9 Å². The molecule has 3 aromatic rings. The smallest absolute Gasteiger partial charge is 0.251 e. The fraction of sp³-hybridized carbons (Fsp3) is 0.447. The molecule has 2 N–H and O–H groups in total. The van der Waals surface area contributed by atoms with Crippen LogP contribution in [0.25, 0.3) is 0 Å². The number of hydrogen-bond acceptors (Lipinski definition) is 6. The van der Waals surface area contributed by atoms with Gasteiger partial charge >= 0.3 is 0 Å². The van der Waals surface area contributed by atoms with Crippen molar-refractivity contribution in [3.05, 3.63) is 98.5 Å². The van der Waals surface area contributed by atoms with Gasteiger partial charge in [-0.1, -0.05) is 82.1 Å². The Morgan fingerprint density at radius 1 is 1.08 bits per heavy atom. The average Bonchev–Trinajstić information content (AvgIpc) is 3.37. The number of carbonyl (C=O) groups excluding carboxylic acids is 2. The highest BCUT2D eigenvalue weighted by atomic mass is 35.5. The van der Waals surface area contributed by atoms with Gasteiger partial charge in [-0.3, -0.25) is 9.59 Å². The molecule has 1 saturated heterocycles. The van der Waals surface area contributed by atoms with Crippen LogP contribution in [0, 0.1) is 28.4 Å². The topological polar surface area (TPSA) is 94.5 Å². The third-order valence-corrected chi connectivity index (χ3v) is 9.84. The molecule has 4 atom stereocenters. The number of nitrogens with zero attached hydrogens (tertiary/aromatic N) is 2. The fourth-order valence-corrected chi connectivity index (χ4v) is 7.25. The van der Waals surface area contributed by atoms with Crippen molar-refractivity contribution < 1.29 is 23.1 Å². The van der Waals surface area contributed by atoms with Crippen LogP contribution in [0.15, 0.2) is 54.6 Å². The van der Waals surface area contributed by atoms with E-state index in [9.17, 15) is 14.9 Å². The standard InChI is InChI=1S/C38H44Cl2F2N4O3/c1-7-46(8-2)17-16-44-36(48)24-13-12-23(31(19-24)49-6)18-30(47)35-33(26-10-9-11-28(40)34(26)42)38(22-43,32(45-35)21-37(3,4)5)27-15-14-25(39)20-29(27)41/h9-15,19-20,32-33,35,45H,7-8,16-18,21H2,1-6H3,(H,44,48)/t32-,33-,35-,38-/m0/s1. The van der Waals surface area contributed by atoms with Crippen molar-refractivity contribution in [2.45, 2.75) is 70.9 Å². The molecule has 0 radical (unpaired) electrons. The normalized spacial score (nSPS) is 20.7. The minimum absolute atomic E-state index is 0.00904. The number of likely N-dealkylation sites (N-methyl/N-ethyl adjacent to an activating group) is 1. The van der Waals surface area contributed by atoms with E-state index in [1.807, 2.05) is 20.8 Å². The number of carbonyl (C=O) groups is 2. The van der Waals surface area contributed by atoms with Crippen LogP contribution < -0.4 is 15.4 Å². The molecular weight excluding hydrogens is 669 g/mol. The van der Waals surface area contributed by atoms with Crippen molar-refractivity contribution in [3.63, 3.8) is 0 Å². The minimum Gasteiger partial charge on any atom is -0.496 e. The molecule has 1 aliphatic heterocycles. The summed E-state index contributed by atoms with van der Waals surface area (Å²) in [5.74, 6) is -3.00. The molecule has 3 aromatic carbocycles. The van der Waals surface area contributed by atoms with Crippen LogP contribution in [0.5, 0.6) is 5.75 Å². The van der Waals surface area contributed by atoms with Crippen LogP contribution in [0.1, 0.15) is 74.0 Å². The molecule has 0 saturated carbocycles. The Kier molecular flexibility index (Phi) is 12.5. The lowest BCUT2D eigenvalue weighted by Crippen LogP contribution is -2.44. The molecule has 11 heteroatoms. The number of benzene rings is 3. The molecule has 4 rings (SSSR count). The number of Topliss-reactive ketones (excluding diaryl/α,β-unsaturated/α-hetero) is 1. The van der Waals surface area contributed by atoms with Crippen LogP contribution in [-0.4, -0.2) is 62.0 Å². The van der Waals surface area contributed by atoms with Crippen LogP contribution in [0.3, 0.4) is 0 Å². The second-order valence-electron chi connectivity index (χ2n) is 13.6. The molecule has 0 unspecified atom stereocenters. The molecule has 1 aliphatic rings. The summed E-state index contributed by atoms with van der Waals surface area (Å²) in [5, 5.41) is 17.3. The van der Waals surface area contributed by atoms with Crippen LogP contribution in [0.2, 0.25) is 10.0 Å². The molecule has 0 aliphatic carbocycles.